The van der Waals surface area contributed by atoms with E-state index in [1.54, 1.807) is 7.11 Å². The molecule has 1 atom stereocenters. The lowest BCUT2D eigenvalue weighted by Gasteiger charge is -2.09. The second-order valence-corrected chi connectivity index (χ2v) is 5.20. The number of alkyl halides is 1. The Hall–Kier alpha value is -0.290. The fourth-order valence-electron chi connectivity index (χ4n) is 1.74. The average Bonchev–Trinajstić information content (AvgIpc) is 2.61. The molecular formula is C12H21Cl2N3O. The zero-order valence-electron chi connectivity index (χ0n) is 11.2. The maximum Gasteiger partial charge on any atom is 0.0863 e. The van der Waals surface area contributed by atoms with E-state index >= 15 is 0 Å². The normalized spacial score (nSPS) is 12.9. The number of halogens is 2. The minimum absolute atomic E-state index is 0.0516. The van der Waals surface area contributed by atoms with Crippen molar-refractivity contribution in [3.05, 3.63) is 16.4 Å². The summed E-state index contributed by atoms with van der Waals surface area (Å²) in [5.74, 6) is 0. The molecule has 0 saturated heterocycles. The van der Waals surface area contributed by atoms with Crippen LogP contribution in [-0.2, 0) is 24.8 Å². The van der Waals surface area contributed by atoms with Gasteiger partial charge >= 0.3 is 0 Å². The van der Waals surface area contributed by atoms with Gasteiger partial charge in [-0.15, -0.1) is 11.6 Å². The molecule has 1 aromatic heterocycles. The van der Waals surface area contributed by atoms with Crippen molar-refractivity contribution in [1.29, 1.82) is 0 Å². The summed E-state index contributed by atoms with van der Waals surface area (Å²) in [4.78, 5) is 0. The highest BCUT2D eigenvalue weighted by atomic mass is 35.5. The predicted molar refractivity (Wildman–Crippen MR) is 75.4 cm³/mol. The van der Waals surface area contributed by atoms with Crippen molar-refractivity contribution in [3.63, 3.8) is 0 Å². The van der Waals surface area contributed by atoms with E-state index in [0.717, 1.165) is 35.8 Å². The molecule has 0 aliphatic carbocycles. The zero-order valence-corrected chi connectivity index (χ0v) is 12.7. The number of methoxy groups -OCH3 is 1. The first kappa shape index (κ1) is 15.8. The van der Waals surface area contributed by atoms with E-state index < -0.39 is 0 Å². The molecule has 104 valence electrons. The van der Waals surface area contributed by atoms with Crippen LogP contribution < -0.4 is 5.32 Å². The lowest BCUT2D eigenvalue weighted by molar-refractivity contribution is 0.195. The van der Waals surface area contributed by atoms with Crippen molar-refractivity contribution in [2.75, 3.05) is 20.3 Å². The Morgan fingerprint density at radius 2 is 2.22 bits per heavy atom. The Labute approximate surface area is 119 Å². The Bertz CT molecular complexity index is 368. The molecule has 0 fully saturated rings. The van der Waals surface area contributed by atoms with Crippen LogP contribution in [0.3, 0.4) is 0 Å². The highest BCUT2D eigenvalue weighted by molar-refractivity contribution is 6.31. The van der Waals surface area contributed by atoms with E-state index in [9.17, 15) is 0 Å². The van der Waals surface area contributed by atoms with Gasteiger partial charge in [0.05, 0.1) is 28.4 Å². The molecule has 0 aromatic carbocycles. The van der Waals surface area contributed by atoms with Crippen LogP contribution in [0.15, 0.2) is 0 Å². The number of ether oxygens (including phenoxy) is 1. The van der Waals surface area contributed by atoms with Gasteiger partial charge in [-0.05, 0) is 19.4 Å². The van der Waals surface area contributed by atoms with Crippen LogP contribution in [0.25, 0.3) is 0 Å². The molecule has 0 aliphatic heterocycles. The van der Waals surface area contributed by atoms with E-state index in [2.05, 4.69) is 10.4 Å². The summed E-state index contributed by atoms with van der Waals surface area (Å²) in [6.45, 7) is 4.17. The van der Waals surface area contributed by atoms with E-state index in [1.807, 2.05) is 18.7 Å². The van der Waals surface area contributed by atoms with Gasteiger partial charge in [-0.25, -0.2) is 0 Å². The molecule has 18 heavy (non-hydrogen) atoms. The molecular weight excluding hydrogens is 273 g/mol. The van der Waals surface area contributed by atoms with Crippen molar-refractivity contribution < 1.29 is 4.74 Å². The molecule has 4 nitrogen and oxygen atoms in total. The quantitative estimate of drug-likeness (QED) is 0.591. The molecule has 6 heteroatoms. The molecule has 1 rings (SSSR count). The third-order valence-corrected chi connectivity index (χ3v) is 3.56. The standard InChI is InChI=1S/C12H21Cl2N3O/c1-4-10-12(14)11(17(2)16-10)7-15-6-5-9(13)8-18-3/h9,15H,4-8H2,1-3H3. The molecule has 0 bridgehead atoms. The van der Waals surface area contributed by atoms with Crippen molar-refractivity contribution in [1.82, 2.24) is 15.1 Å². The third-order valence-electron chi connectivity index (χ3n) is 2.78. The molecule has 1 heterocycles. The largest absolute Gasteiger partial charge is 0.383 e. The SMILES string of the molecule is CCc1nn(C)c(CNCCC(Cl)COC)c1Cl. The number of hydrogen-bond acceptors (Lipinski definition) is 3. The minimum Gasteiger partial charge on any atom is -0.383 e. The number of nitrogens with one attached hydrogen (secondary N) is 1. The van der Waals surface area contributed by atoms with Crippen molar-refractivity contribution >= 4 is 23.2 Å². The number of aromatic nitrogens is 2. The summed E-state index contributed by atoms with van der Waals surface area (Å²) in [6, 6.07) is 0. The first-order valence-corrected chi connectivity index (χ1v) is 6.95. The van der Waals surface area contributed by atoms with Gasteiger partial charge in [0.1, 0.15) is 0 Å². The van der Waals surface area contributed by atoms with Crippen molar-refractivity contribution in [2.45, 2.75) is 31.7 Å². The summed E-state index contributed by atoms with van der Waals surface area (Å²) in [6.07, 6.45) is 1.72. The Morgan fingerprint density at radius 3 is 2.78 bits per heavy atom. The summed E-state index contributed by atoms with van der Waals surface area (Å²) in [5.41, 5.74) is 1.97. The Morgan fingerprint density at radius 1 is 1.50 bits per heavy atom. The monoisotopic (exact) mass is 293 g/mol. The lowest BCUT2D eigenvalue weighted by atomic mass is 10.3. The van der Waals surface area contributed by atoms with Crippen LogP contribution in [-0.4, -0.2) is 35.4 Å². The minimum atomic E-state index is 0.0516. The first-order chi connectivity index (χ1) is 8.60. The summed E-state index contributed by atoms with van der Waals surface area (Å²) in [5, 5.41) is 8.52. The van der Waals surface area contributed by atoms with Crippen LogP contribution >= 0.6 is 23.2 Å². The van der Waals surface area contributed by atoms with Gasteiger partial charge < -0.3 is 10.1 Å². The number of rotatable bonds is 8. The van der Waals surface area contributed by atoms with Gasteiger partial charge in [-0.3, -0.25) is 4.68 Å². The highest BCUT2D eigenvalue weighted by Crippen LogP contribution is 2.20. The number of nitrogens with zero attached hydrogens (tertiary/aromatic N) is 2. The predicted octanol–water partition coefficient (Wildman–Crippen LogP) is 2.37. The van der Waals surface area contributed by atoms with E-state index in [1.165, 1.54) is 0 Å². The molecule has 0 spiro atoms. The highest BCUT2D eigenvalue weighted by Gasteiger charge is 2.12. The topological polar surface area (TPSA) is 39.1 Å². The molecule has 1 unspecified atom stereocenters. The summed E-state index contributed by atoms with van der Waals surface area (Å²) in [7, 11) is 3.57. The van der Waals surface area contributed by atoms with Crippen LogP contribution in [0.2, 0.25) is 5.02 Å². The Kier molecular flexibility index (Phi) is 7.00. The number of hydrogen-bond donors (Lipinski definition) is 1. The maximum atomic E-state index is 6.25. The van der Waals surface area contributed by atoms with E-state index in [0.29, 0.717) is 13.2 Å². The summed E-state index contributed by atoms with van der Waals surface area (Å²) < 4.78 is 6.81. The van der Waals surface area contributed by atoms with E-state index in [4.69, 9.17) is 27.9 Å². The van der Waals surface area contributed by atoms with Gasteiger partial charge in [-0.1, -0.05) is 18.5 Å². The number of aryl methyl sites for hydroxylation is 2. The zero-order chi connectivity index (χ0) is 13.5. The van der Waals surface area contributed by atoms with Crippen LogP contribution in [0.1, 0.15) is 24.7 Å². The second kappa shape index (κ2) is 8.00. The van der Waals surface area contributed by atoms with Gasteiger partial charge in [0.2, 0.25) is 0 Å². The maximum absolute atomic E-state index is 6.25. The molecule has 0 radical (unpaired) electrons. The smallest absolute Gasteiger partial charge is 0.0863 e. The first-order valence-electron chi connectivity index (χ1n) is 6.14. The molecule has 1 N–H and O–H groups in total. The average molecular weight is 294 g/mol. The van der Waals surface area contributed by atoms with Crippen molar-refractivity contribution in [3.8, 4) is 0 Å². The van der Waals surface area contributed by atoms with Gasteiger partial charge in [-0.2, -0.15) is 5.10 Å². The third kappa shape index (κ3) is 4.43. The van der Waals surface area contributed by atoms with E-state index in [-0.39, 0.29) is 5.38 Å². The fourth-order valence-corrected chi connectivity index (χ4v) is 2.34. The molecule has 0 aliphatic rings. The van der Waals surface area contributed by atoms with Gasteiger partial charge in [0.25, 0.3) is 0 Å². The van der Waals surface area contributed by atoms with Crippen LogP contribution in [0, 0.1) is 0 Å². The lowest BCUT2D eigenvalue weighted by Crippen LogP contribution is -2.21. The van der Waals surface area contributed by atoms with Crippen LogP contribution in [0.5, 0.6) is 0 Å². The molecule has 0 amide bonds. The second-order valence-electron chi connectivity index (χ2n) is 4.20. The molecule has 0 saturated carbocycles. The van der Waals surface area contributed by atoms with Crippen molar-refractivity contribution in [2.24, 2.45) is 7.05 Å². The summed E-state index contributed by atoms with van der Waals surface area (Å²) >= 11 is 12.3. The Balaban J connectivity index is 2.37. The molecule has 1 aromatic rings. The van der Waals surface area contributed by atoms with Crippen LogP contribution in [0.4, 0.5) is 0 Å². The van der Waals surface area contributed by atoms with Gasteiger partial charge in [0.15, 0.2) is 0 Å². The fraction of sp³-hybridized carbons (Fsp3) is 0.750. The van der Waals surface area contributed by atoms with Gasteiger partial charge in [0, 0.05) is 20.7 Å².